The molecule has 0 spiro atoms. The fourth-order valence-electron chi connectivity index (χ4n) is 4.65. The molecule has 0 amide bonds. The molecule has 0 aromatic heterocycles. The second-order valence-electron chi connectivity index (χ2n) is 8.14. The second-order valence-corrected chi connectivity index (χ2v) is 8.14. The van der Waals surface area contributed by atoms with Gasteiger partial charge in [0.25, 0.3) is 0 Å². The van der Waals surface area contributed by atoms with Gasteiger partial charge in [0.05, 0.1) is 12.5 Å². The first kappa shape index (κ1) is 19.6. The maximum absolute atomic E-state index is 10.7. The summed E-state index contributed by atoms with van der Waals surface area (Å²) in [5, 5.41) is 26.5. The van der Waals surface area contributed by atoms with Gasteiger partial charge < -0.3 is 20.3 Å². The number of fused-ring (bicyclic) bond motifs is 2. The number of nitrogens with one attached hydrogen (secondary N) is 1. The van der Waals surface area contributed by atoms with Gasteiger partial charge in [-0.25, -0.2) is 0 Å². The molecule has 1 aliphatic heterocycles. The van der Waals surface area contributed by atoms with E-state index in [-0.39, 0.29) is 5.75 Å². The number of benzene rings is 3. The van der Waals surface area contributed by atoms with E-state index in [0.29, 0.717) is 24.1 Å². The average molecular weight is 392 g/mol. The van der Waals surface area contributed by atoms with Crippen LogP contribution in [0.3, 0.4) is 0 Å². The molecule has 0 saturated carbocycles. The number of aromatic hydroxyl groups is 2. The zero-order valence-electron chi connectivity index (χ0n) is 17.6. The Kier molecular flexibility index (Phi) is 5.13. The quantitative estimate of drug-likeness (QED) is 0.570. The summed E-state index contributed by atoms with van der Waals surface area (Å²) in [5.41, 5.74) is 6.73. The van der Waals surface area contributed by atoms with Crippen molar-refractivity contribution < 1.29 is 14.9 Å². The van der Waals surface area contributed by atoms with Gasteiger partial charge in [0.15, 0.2) is 0 Å². The third-order valence-electron chi connectivity index (χ3n) is 5.95. The van der Waals surface area contributed by atoms with Gasteiger partial charge in [-0.05, 0) is 78.1 Å². The highest BCUT2D eigenvalue weighted by Gasteiger charge is 2.25. The van der Waals surface area contributed by atoms with Crippen molar-refractivity contribution in [3.05, 3.63) is 52.6 Å². The van der Waals surface area contributed by atoms with E-state index in [0.717, 1.165) is 52.3 Å². The van der Waals surface area contributed by atoms with Crippen LogP contribution in [0.2, 0.25) is 0 Å². The molecule has 3 aromatic carbocycles. The predicted molar refractivity (Wildman–Crippen MR) is 118 cm³/mol. The molecule has 152 valence electrons. The first-order valence-electron chi connectivity index (χ1n) is 10.3. The Bertz CT molecular complexity index is 1090. The molecule has 1 atom stereocenters. The first-order valence-corrected chi connectivity index (χ1v) is 10.3. The van der Waals surface area contributed by atoms with E-state index in [4.69, 9.17) is 4.74 Å². The molecule has 0 fully saturated rings. The summed E-state index contributed by atoms with van der Waals surface area (Å²) in [6.07, 6.45) is 2.75. The van der Waals surface area contributed by atoms with E-state index < -0.39 is 0 Å². The molecule has 3 N–H and O–H groups in total. The van der Waals surface area contributed by atoms with Crippen LogP contribution in [-0.2, 0) is 19.4 Å². The molecular weight excluding hydrogens is 362 g/mol. The van der Waals surface area contributed by atoms with Crippen LogP contribution in [0.25, 0.3) is 21.9 Å². The highest BCUT2D eigenvalue weighted by molar-refractivity contribution is 6.05. The largest absolute Gasteiger partial charge is 0.508 e. The highest BCUT2D eigenvalue weighted by atomic mass is 16.5. The first-order chi connectivity index (χ1) is 13.9. The summed E-state index contributed by atoms with van der Waals surface area (Å²) in [4.78, 5) is 0. The lowest BCUT2D eigenvalue weighted by Crippen LogP contribution is -2.33. The Morgan fingerprint density at radius 3 is 2.62 bits per heavy atom. The topological polar surface area (TPSA) is 61.7 Å². The molecule has 0 aliphatic carbocycles. The summed E-state index contributed by atoms with van der Waals surface area (Å²) in [6, 6.07) is 10.1. The zero-order valence-corrected chi connectivity index (χ0v) is 17.6. The molecule has 0 radical (unpaired) electrons. The molecule has 4 nitrogen and oxygen atoms in total. The van der Waals surface area contributed by atoms with Crippen LogP contribution in [0, 0.1) is 6.92 Å². The van der Waals surface area contributed by atoms with Gasteiger partial charge in [-0.2, -0.15) is 0 Å². The SMILES string of the molecule is CCCc1cc(O)c2c(c1-c1ccc(O)c3c(OC)cc(C)cc13)CC(C)NC2. The Balaban J connectivity index is 2.11. The van der Waals surface area contributed by atoms with Crippen LogP contribution >= 0.6 is 0 Å². The number of hydrogen-bond acceptors (Lipinski definition) is 4. The van der Waals surface area contributed by atoms with Crippen molar-refractivity contribution in [2.45, 2.75) is 52.6 Å². The number of phenols is 2. The Morgan fingerprint density at radius 1 is 1.10 bits per heavy atom. The van der Waals surface area contributed by atoms with Gasteiger partial charge in [-0.15, -0.1) is 0 Å². The number of phenolic OH excluding ortho intramolecular Hbond substituents is 2. The number of hydrogen-bond donors (Lipinski definition) is 3. The van der Waals surface area contributed by atoms with Crippen LogP contribution < -0.4 is 10.1 Å². The van der Waals surface area contributed by atoms with Gasteiger partial charge in [0.1, 0.15) is 17.2 Å². The number of rotatable bonds is 4. The molecule has 0 saturated heterocycles. The molecule has 3 aromatic rings. The van der Waals surface area contributed by atoms with Crippen molar-refractivity contribution in [2.75, 3.05) is 7.11 Å². The second kappa shape index (κ2) is 7.60. The van der Waals surface area contributed by atoms with E-state index in [2.05, 4.69) is 25.2 Å². The normalized spacial score (nSPS) is 16.1. The van der Waals surface area contributed by atoms with Crippen LogP contribution in [0.1, 0.15) is 42.5 Å². The van der Waals surface area contributed by atoms with E-state index in [9.17, 15) is 10.2 Å². The summed E-state index contributed by atoms with van der Waals surface area (Å²) in [6.45, 7) is 7.05. The van der Waals surface area contributed by atoms with E-state index >= 15 is 0 Å². The van der Waals surface area contributed by atoms with Gasteiger partial charge >= 0.3 is 0 Å². The summed E-state index contributed by atoms with van der Waals surface area (Å²) >= 11 is 0. The Morgan fingerprint density at radius 2 is 1.90 bits per heavy atom. The molecule has 4 rings (SSSR count). The van der Waals surface area contributed by atoms with Crippen molar-refractivity contribution in [1.82, 2.24) is 5.32 Å². The minimum atomic E-state index is 0.223. The maximum Gasteiger partial charge on any atom is 0.130 e. The summed E-state index contributed by atoms with van der Waals surface area (Å²) < 4.78 is 5.60. The number of methoxy groups -OCH3 is 1. The molecule has 29 heavy (non-hydrogen) atoms. The standard InChI is InChI=1S/C25H29NO3/c1-5-6-16-12-22(28)20-13-26-15(3)11-19(20)24(16)17-7-8-21(27)25-18(17)9-14(2)10-23(25)29-4/h7-10,12,15,26-28H,5-6,11,13H2,1-4H3. The van der Waals surface area contributed by atoms with Gasteiger partial charge in [-0.1, -0.05) is 25.5 Å². The Hall–Kier alpha value is -2.72. The molecule has 1 unspecified atom stereocenters. The summed E-state index contributed by atoms with van der Waals surface area (Å²) in [7, 11) is 1.64. The van der Waals surface area contributed by atoms with Crippen LogP contribution in [-0.4, -0.2) is 23.4 Å². The third kappa shape index (κ3) is 3.32. The van der Waals surface area contributed by atoms with E-state index in [1.165, 1.54) is 11.1 Å². The predicted octanol–water partition coefficient (Wildman–Crippen LogP) is 5.22. The lowest BCUT2D eigenvalue weighted by molar-refractivity contribution is 0.416. The van der Waals surface area contributed by atoms with Crippen molar-refractivity contribution in [2.24, 2.45) is 0 Å². The van der Waals surface area contributed by atoms with Crippen LogP contribution in [0.4, 0.5) is 0 Å². The molecule has 1 heterocycles. The van der Waals surface area contributed by atoms with Crippen molar-refractivity contribution in [3.63, 3.8) is 0 Å². The van der Waals surface area contributed by atoms with Gasteiger partial charge in [0.2, 0.25) is 0 Å². The lowest BCUT2D eigenvalue weighted by atomic mass is 9.82. The fraction of sp³-hybridized carbons (Fsp3) is 0.360. The number of aryl methyl sites for hydroxylation is 2. The molecule has 0 bridgehead atoms. The van der Waals surface area contributed by atoms with Crippen molar-refractivity contribution in [3.8, 4) is 28.4 Å². The van der Waals surface area contributed by atoms with Gasteiger partial charge in [-0.3, -0.25) is 0 Å². The zero-order chi connectivity index (χ0) is 20.7. The van der Waals surface area contributed by atoms with Gasteiger partial charge in [0, 0.05) is 18.2 Å². The highest BCUT2D eigenvalue weighted by Crippen LogP contribution is 2.45. The van der Waals surface area contributed by atoms with Crippen molar-refractivity contribution >= 4 is 10.8 Å². The third-order valence-corrected chi connectivity index (χ3v) is 5.95. The smallest absolute Gasteiger partial charge is 0.130 e. The van der Waals surface area contributed by atoms with E-state index in [1.54, 1.807) is 13.2 Å². The Labute approximate surface area is 172 Å². The molecular formula is C25H29NO3. The molecule has 4 heteroatoms. The molecule has 1 aliphatic rings. The van der Waals surface area contributed by atoms with Crippen molar-refractivity contribution in [1.29, 1.82) is 0 Å². The summed E-state index contributed by atoms with van der Waals surface area (Å²) in [5.74, 6) is 1.28. The van der Waals surface area contributed by atoms with Crippen LogP contribution in [0.5, 0.6) is 17.2 Å². The lowest BCUT2D eigenvalue weighted by Gasteiger charge is -2.29. The average Bonchev–Trinajstić information content (AvgIpc) is 2.68. The fourth-order valence-corrected chi connectivity index (χ4v) is 4.65. The minimum absolute atomic E-state index is 0.223. The van der Waals surface area contributed by atoms with Crippen LogP contribution in [0.15, 0.2) is 30.3 Å². The van der Waals surface area contributed by atoms with E-state index in [1.807, 2.05) is 25.1 Å². The monoisotopic (exact) mass is 391 g/mol. The number of ether oxygens (including phenoxy) is 1. The minimum Gasteiger partial charge on any atom is -0.508 e. The maximum atomic E-state index is 10.7.